The molecule has 0 bridgehead atoms. The highest BCUT2D eigenvalue weighted by Gasteiger charge is 2.25. The molecule has 0 saturated carbocycles. The Morgan fingerprint density at radius 3 is 1.07 bits per heavy atom. The minimum absolute atomic E-state index is 0.137. The minimum atomic E-state index is -1.14. The molecule has 0 aliphatic heterocycles. The smallest absolute Gasteiger partial charge is 0.164 e. The Hall–Kier alpha value is -0.350. The molecule has 2 N–H and O–H groups in total. The lowest BCUT2D eigenvalue weighted by Crippen LogP contribution is -2.36. The zero-order valence-corrected chi connectivity index (χ0v) is 29.6. The van der Waals surface area contributed by atoms with Gasteiger partial charge in [0.2, 0.25) is 0 Å². The third-order valence-electron chi connectivity index (χ3n) is 8.94. The molecule has 43 heavy (non-hydrogen) atoms. The van der Waals surface area contributed by atoms with Crippen LogP contribution in [0.4, 0.5) is 0 Å². The van der Waals surface area contributed by atoms with Gasteiger partial charge in [-0.25, -0.2) is 0 Å². The number of carbonyl (C=O) groups is 2. The monoisotopic (exact) mass is 629 g/mol. The normalized spacial score (nSPS) is 12.9. The summed E-state index contributed by atoms with van der Waals surface area (Å²) in [5.74, 6) is 0.356. The van der Waals surface area contributed by atoms with Gasteiger partial charge in [0.05, 0.1) is 6.61 Å². The van der Waals surface area contributed by atoms with Crippen LogP contribution in [0.15, 0.2) is 0 Å². The number of aliphatic hydroxyl groups excluding tert-OH is 2. The van der Waals surface area contributed by atoms with Crippen molar-refractivity contribution in [3.8, 4) is 0 Å². The molecule has 0 heterocycles. The van der Waals surface area contributed by atoms with Crippen LogP contribution in [-0.4, -0.2) is 40.6 Å². The first-order valence-electron chi connectivity index (χ1n) is 18.8. The van der Waals surface area contributed by atoms with E-state index in [4.69, 9.17) is 9.63 Å². The molecule has 0 aromatic heterocycles. The third-order valence-corrected chi connectivity index (χ3v) is 9.23. The Bertz CT molecular complexity index is 600. The van der Waals surface area contributed by atoms with Crippen LogP contribution < -0.4 is 0 Å². The van der Waals surface area contributed by atoms with Crippen LogP contribution in [0.1, 0.15) is 206 Å². The number of hydrogen-bond acceptors (Lipinski definition) is 5. The first kappa shape index (κ1) is 42.6. The van der Waals surface area contributed by atoms with Crippen molar-refractivity contribution in [1.29, 1.82) is 0 Å². The van der Waals surface area contributed by atoms with Crippen molar-refractivity contribution in [2.75, 3.05) is 6.61 Å². The van der Waals surface area contributed by atoms with E-state index in [1.165, 1.54) is 148 Å². The van der Waals surface area contributed by atoms with Gasteiger partial charge in [0.25, 0.3) is 0 Å². The molecule has 0 aliphatic rings. The standard InChI is InChI=1S/C37H73O5P/c1-2-3-4-5-6-7-8-12-15-18-21-24-27-30-34(39)31-28-25-22-19-16-13-10-9-11-14-17-20-23-26-29-32-35(40)37(42-43)36(41)33-38/h36-38,41H,2-33,43H2,1H3. The third kappa shape index (κ3) is 30.1. The molecule has 0 amide bonds. The maximum Gasteiger partial charge on any atom is 0.164 e. The molecule has 0 saturated heterocycles. The van der Waals surface area contributed by atoms with Crippen LogP contribution in [0.25, 0.3) is 0 Å². The van der Waals surface area contributed by atoms with Crippen molar-refractivity contribution in [2.45, 2.75) is 218 Å². The fraction of sp³-hybridized carbons (Fsp3) is 0.946. The molecule has 0 aromatic rings. The van der Waals surface area contributed by atoms with Gasteiger partial charge < -0.3 is 14.7 Å². The van der Waals surface area contributed by atoms with E-state index in [1.54, 1.807) is 0 Å². The number of aliphatic hydroxyl groups is 2. The second kappa shape index (κ2) is 34.5. The highest BCUT2D eigenvalue weighted by Crippen LogP contribution is 2.17. The SMILES string of the molecule is CCCCCCCCCCCCCCCC(=O)CCCCCCCCCCCCCCCCCC(=O)C(OP)C(O)CO. The molecule has 3 atom stereocenters. The van der Waals surface area contributed by atoms with Crippen LogP contribution in [-0.2, 0) is 14.1 Å². The van der Waals surface area contributed by atoms with Crippen LogP contribution in [0.3, 0.4) is 0 Å². The summed E-state index contributed by atoms with van der Waals surface area (Å²) >= 11 is 0. The van der Waals surface area contributed by atoms with Crippen molar-refractivity contribution in [3.05, 3.63) is 0 Å². The number of hydrogen-bond donors (Lipinski definition) is 2. The number of ketones is 2. The van der Waals surface area contributed by atoms with E-state index < -0.39 is 18.8 Å². The fourth-order valence-corrected chi connectivity index (χ4v) is 6.34. The van der Waals surface area contributed by atoms with E-state index in [2.05, 4.69) is 6.92 Å². The second-order valence-electron chi connectivity index (χ2n) is 13.1. The van der Waals surface area contributed by atoms with Crippen LogP contribution in [0.5, 0.6) is 0 Å². The van der Waals surface area contributed by atoms with Crippen molar-refractivity contribution in [2.24, 2.45) is 0 Å². The number of carbonyl (C=O) groups excluding carboxylic acids is 2. The Morgan fingerprint density at radius 2 is 0.791 bits per heavy atom. The molecule has 256 valence electrons. The Kier molecular flexibility index (Phi) is 34.2. The predicted molar refractivity (Wildman–Crippen MR) is 186 cm³/mol. The molecule has 6 heteroatoms. The van der Waals surface area contributed by atoms with Crippen LogP contribution in [0.2, 0.25) is 0 Å². The Morgan fingerprint density at radius 1 is 0.512 bits per heavy atom. The molecule has 0 radical (unpaired) electrons. The van der Waals surface area contributed by atoms with Gasteiger partial charge in [-0.1, -0.05) is 167 Å². The van der Waals surface area contributed by atoms with Crippen molar-refractivity contribution in [1.82, 2.24) is 0 Å². The lowest BCUT2D eigenvalue weighted by molar-refractivity contribution is -0.131. The van der Waals surface area contributed by atoms with Crippen molar-refractivity contribution in [3.63, 3.8) is 0 Å². The number of rotatable bonds is 36. The van der Waals surface area contributed by atoms with Crippen LogP contribution >= 0.6 is 9.47 Å². The van der Waals surface area contributed by atoms with Crippen molar-refractivity contribution >= 4 is 21.0 Å². The summed E-state index contributed by atoms with van der Waals surface area (Å²) < 4.78 is 4.93. The van der Waals surface area contributed by atoms with Crippen molar-refractivity contribution < 1.29 is 24.3 Å². The summed E-state index contributed by atoms with van der Waals surface area (Å²) in [7, 11) is 2.01. The first-order valence-corrected chi connectivity index (χ1v) is 19.2. The van der Waals surface area contributed by atoms with Gasteiger partial charge >= 0.3 is 0 Å². The highest BCUT2D eigenvalue weighted by atomic mass is 31.0. The minimum Gasteiger partial charge on any atom is -0.394 e. The lowest BCUT2D eigenvalue weighted by atomic mass is 10.0. The summed E-state index contributed by atoms with van der Waals surface area (Å²) in [5, 5.41) is 18.6. The zero-order chi connectivity index (χ0) is 31.6. The molecule has 0 aliphatic carbocycles. The molecule has 0 fully saturated rings. The van der Waals surface area contributed by atoms with Gasteiger partial charge in [-0.05, 0) is 19.3 Å². The molecule has 5 nitrogen and oxygen atoms in total. The van der Waals surface area contributed by atoms with E-state index in [0.717, 1.165) is 44.9 Å². The molecular formula is C37H73O5P. The number of Topliss-reactive ketones (excluding diaryl/α,β-unsaturated/α-hetero) is 2. The molecule has 0 aromatic carbocycles. The summed E-state index contributed by atoms with van der Waals surface area (Å²) in [6.07, 6.45) is 36.0. The topological polar surface area (TPSA) is 83.8 Å². The van der Waals surface area contributed by atoms with Gasteiger partial charge in [-0.2, -0.15) is 0 Å². The Labute approximate surface area is 269 Å². The average molecular weight is 629 g/mol. The average Bonchev–Trinajstić information content (AvgIpc) is 3.01. The highest BCUT2D eigenvalue weighted by molar-refractivity contribution is 7.09. The maximum absolute atomic E-state index is 12.1. The van der Waals surface area contributed by atoms with E-state index in [0.29, 0.717) is 12.2 Å². The lowest BCUT2D eigenvalue weighted by Gasteiger charge is -2.18. The van der Waals surface area contributed by atoms with E-state index in [9.17, 15) is 14.7 Å². The molecule has 3 unspecified atom stereocenters. The number of unbranched alkanes of at least 4 members (excludes halogenated alkanes) is 26. The van der Waals surface area contributed by atoms with Gasteiger partial charge in [-0.15, -0.1) is 0 Å². The fourth-order valence-electron chi connectivity index (χ4n) is 6.00. The van der Waals surface area contributed by atoms with Gasteiger partial charge in [0, 0.05) is 28.7 Å². The summed E-state index contributed by atoms with van der Waals surface area (Å²) in [4.78, 5) is 24.2. The first-order chi connectivity index (χ1) is 21.1. The van der Waals surface area contributed by atoms with E-state index in [-0.39, 0.29) is 5.78 Å². The van der Waals surface area contributed by atoms with Gasteiger partial charge in [-0.3, -0.25) is 9.59 Å². The molecule has 0 spiro atoms. The van der Waals surface area contributed by atoms with Crippen LogP contribution in [0, 0.1) is 0 Å². The molecular weight excluding hydrogens is 555 g/mol. The zero-order valence-electron chi connectivity index (χ0n) is 28.5. The predicted octanol–water partition coefficient (Wildman–Crippen LogP) is 10.8. The van der Waals surface area contributed by atoms with Gasteiger partial charge in [0.15, 0.2) is 5.78 Å². The van der Waals surface area contributed by atoms with E-state index in [1.807, 2.05) is 9.47 Å². The Balaban J connectivity index is 3.27. The quantitative estimate of drug-likeness (QED) is 0.0533. The summed E-state index contributed by atoms with van der Waals surface area (Å²) in [5.41, 5.74) is 0. The van der Waals surface area contributed by atoms with Gasteiger partial charge in [0.1, 0.15) is 18.0 Å². The largest absolute Gasteiger partial charge is 0.394 e. The molecule has 0 rings (SSSR count). The summed E-state index contributed by atoms with van der Waals surface area (Å²) in [6.45, 7) is 1.82. The maximum atomic E-state index is 12.1. The summed E-state index contributed by atoms with van der Waals surface area (Å²) in [6, 6.07) is 0. The van der Waals surface area contributed by atoms with E-state index >= 15 is 0 Å². The second-order valence-corrected chi connectivity index (χ2v) is 13.4.